The molecule has 21 heavy (non-hydrogen) atoms. The minimum Gasteiger partial charge on any atom is -0.469 e. The van der Waals surface area contributed by atoms with Crippen LogP contribution in [0.1, 0.15) is 32.8 Å². The van der Waals surface area contributed by atoms with Crippen LogP contribution in [-0.4, -0.2) is 31.1 Å². The first kappa shape index (κ1) is 16.0. The van der Waals surface area contributed by atoms with E-state index in [0.717, 1.165) is 26.1 Å². The van der Waals surface area contributed by atoms with E-state index in [1.807, 2.05) is 6.07 Å². The zero-order valence-corrected chi connectivity index (χ0v) is 13.6. The van der Waals surface area contributed by atoms with E-state index in [1.54, 1.807) is 0 Å². The van der Waals surface area contributed by atoms with Crippen molar-refractivity contribution in [3.05, 3.63) is 35.9 Å². The minimum atomic E-state index is -0.350. The summed E-state index contributed by atoms with van der Waals surface area (Å²) in [4.78, 5) is 14.8. The van der Waals surface area contributed by atoms with Gasteiger partial charge >= 0.3 is 5.97 Å². The number of carbonyl (C=O) groups excluding carboxylic acids is 1. The Morgan fingerprint density at radius 3 is 2.62 bits per heavy atom. The van der Waals surface area contributed by atoms with Crippen LogP contribution in [0.3, 0.4) is 0 Å². The van der Waals surface area contributed by atoms with Crippen LogP contribution >= 0.6 is 0 Å². The van der Waals surface area contributed by atoms with E-state index < -0.39 is 0 Å². The second kappa shape index (κ2) is 6.61. The highest BCUT2D eigenvalue weighted by Crippen LogP contribution is 2.42. The third kappa shape index (κ3) is 3.46. The van der Waals surface area contributed by atoms with Gasteiger partial charge in [0.15, 0.2) is 0 Å². The number of carbonyl (C=O) groups is 1. The van der Waals surface area contributed by atoms with Gasteiger partial charge in [0.05, 0.1) is 12.5 Å². The van der Waals surface area contributed by atoms with E-state index >= 15 is 0 Å². The molecule has 1 aliphatic rings. The Kier molecular flexibility index (Phi) is 5.04. The van der Waals surface area contributed by atoms with Crippen molar-refractivity contribution in [1.29, 1.82) is 0 Å². The molecule has 0 radical (unpaired) electrons. The largest absolute Gasteiger partial charge is 0.469 e. The number of hydrogen-bond donors (Lipinski definition) is 0. The van der Waals surface area contributed by atoms with Crippen molar-refractivity contribution in [2.24, 2.45) is 17.3 Å². The maximum absolute atomic E-state index is 12.4. The fraction of sp³-hybridized carbons (Fsp3) is 0.611. The van der Waals surface area contributed by atoms with E-state index in [4.69, 9.17) is 4.74 Å². The molecule has 116 valence electrons. The second-order valence-electron chi connectivity index (χ2n) is 6.80. The van der Waals surface area contributed by atoms with Gasteiger partial charge < -0.3 is 4.74 Å². The van der Waals surface area contributed by atoms with Gasteiger partial charge in [0, 0.05) is 19.6 Å². The number of rotatable bonds is 5. The van der Waals surface area contributed by atoms with Gasteiger partial charge in [0.2, 0.25) is 0 Å². The molecule has 2 rings (SSSR count). The second-order valence-corrected chi connectivity index (χ2v) is 6.80. The van der Waals surface area contributed by atoms with Crippen molar-refractivity contribution < 1.29 is 9.53 Å². The maximum atomic E-state index is 12.4. The highest BCUT2D eigenvalue weighted by molar-refractivity contribution is 5.78. The Labute approximate surface area is 128 Å². The average Bonchev–Trinajstić information content (AvgIpc) is 2.75. The quantitative estimate of drug-likeness (QED) is 0.779. The van der Waals surface area contributed by atoms with Gasteiger partial charge in [0.1, 0.15) is 0 Å². The number of nitrogens with zero attached hydrogens (tertiary/aromatic N) is 1. The van der Waals surface area contributed by atoms with Crippen molar-refractivity contribution in [3.63, 3.8) is 0 Å². The van der Waals surface area contributed by atoms with Gasteiger partial charge in [-0.2, -0.15) is 0 Å². The van der Waals surface area contributed by atoms with Crippen LogP contribution in [0.25, 0.3) is 0 Å². The van der Waals surface area contributed by atoms with Crippen LogP contribution in [0.2, 0.25) is 0 Å². The molecule has 0 bridgehead atoms. The lowest BCUT2D eigenvalue weighted by molar-refractivity contribution is -0.155. The maximum Gasteiger partial charge on any atom is 0.313 e. The van der Waals surface area contributed by atoms with E-state index in [-0.39, 0.29) is 11.4 Å². The number of ether oxygens (including phenoxy) is 1. The van der Waals surface area contributed by atoms with E-state index in [0.29, 0.717) is 11.8 Å². The van der Waals surface area contributed by atoms with Gasteiger partial charge in [-0.3, -0.25) is 9.69 Å². The number of methoxy groups -OCH3 is 1. The van der Waals surface area contributed by atoms with Crippen LogP contribution < -0.4 is 0 Å². The highest BCUT2D eigenvalue weighted by Gasteiger charge is 2.50. The molecule has 3 heteroatoms. The number of esters is 1. The van der Waals surface area contributed by atoms with Crippen molar-refractivity contribution in [3.8, 4) is 0 Å². The van der Waals surface area contributed by atoms with Gasteiger partial charge in [-0.1, -0.05) is 51.1 Å². The zero-order chi connectivity index (χ0) is 15.5. The summed E-state index contributed by atoms with van der Waals surface area (Å²) in [5.41, 5.74) is 0.951. The van der Waals surface area contributed by atoms with Crippen LogP contribution in [0.4, 0.5) is 0 Å². The molecule has 0 unspecified atom stereocenters. The molecule has 0 aromatic heterocycles. The topological polar surface area (TPSA) is 29.5 Å². The van der Waals surface area contributed by atoms with Crippen LogP contribution in [0.5, 0.6) is 0 Å². The normalized spacial score (nSPS) is 26.2. The molecule has 1 fully saturated rings. The molecule has 3 nitrogen and oxygen atoms in total. The van der Waals surface area contributed by atoms with E-state index in [1.165, 1.54) is 12.7 Å². The zero-order valence-electron chi connectivity index (χ0n) is 13.6. The SMILES string of the molecule is COC(=O)[C@@]1(CC(C)C)CN(Cc2ccccc2)C[C@H]1C. The highest BCUT2D eigenvalue weighted by atomic mass is 16.5. The number of benzene rings is 1. The Hall–Kier alpha value is -1.35. The molecular formula is C18H27NO2. The molecule has 1 saturated heterocycles. The van der Waals surface area contributed by atoms with Crippen LogP contribution in [-0.2, 0) is 16.1 Å². The molecule has 0 amide bonds. The first-order valence-corrected chi connectivity index (χ1v) is 7.82. The Balaban J connectivity index is 2.14. The summed E-state index contributed by atoms with van der Waals surface area (Å²) in [6, 6.07) is 10.5. The third-order valence-corrected chi connectivity index (χ3v) is 4.59. The van der Waals surface area contributed by atoms with Crippen molar-refractivity contribution >= 4 is 5.97 Å². The van der Waals surface area contributed by atoms with Crippen molar-refractivity contribution in [2.45, 2.75) is 33.7 Å². The van der Waals surface area contributed by atoms with E-state index in [9.17, 15) is 4.79 Å². The number of hydrogen-bond acceptors (Lipinski definition) is 3. The summed E-state index contributed by atoms with van der Waals surface area (Å²) in [7, 11) is 1.51. The monoisotopic (exact) mass is 289 g/mol. The molecular weight excluding hydrogens is 262 g/mol. The molecule has 1 aromatic carbocycles. The predicted octanol–water partition coefficient (Wildman–Crippen LogP) is 3.34. The fourth-order valence-electron chi connectivity index (χ4n) is 3.69. The molecule has 2 atom stereocenters. The standard InChI is InChI=1S/C18H27NO2/c1-14(2)10-18(17(20)21-4)13-19(11-15(18)3)12-16-8-6-5-7-9-16/h5-9,14-15H,10-13H2,1-4H3/t15-,18+/m1/s1. The van der Waals surface area contributed by atoms with E-state index in [2.05, 4.69) is 49.9 Å². The summed E-state index contributed by atoms with van der Waals surface area (Å²) in [6.45, 7) is 9.20. The minimum absolute atomic E-state index is 0.0424. The molecule has 1 aromatic rings. The molecule has 0 saturated carbocycles. The summed E-state index contributed by atoms with van der Waals surface area (Å²) in [6.07, 6.45) is 0.895. The first-order valence-electron chi connectivity index (χ1n) is 7.82. The van der Waals surface area contributed by atoms with Crippen molar-refractivity contribution in [2.75, 3.05) is 20.2 Å². The molecule has 0 spiro atoms. The summed E-state index contributed by atoms with van der Waals surface area (Å²) < 4.78 is 5.14. The molecule has 1 heterocycles. The summed E-state index contributed by atoms with van der Waals surface area (Å²) >= 11 is 0. The number of likely N-dealkylation sites (tertiary alicyclic amines) is 1. The lowest BCUT2D eigenvalue weighted by Gasteiger charge is -2.31. The first-order chi connectivity index (χ1) is 9.98. The van der Waals surface area contributed by atoms with Crippen LogP contribution in [0.15, 0.2) is 30.3 Å². The Bertz CT molecular complexity index is 471. The van der Waals surface area contributed by atoms with Crippen molar-refractivity contribution in [1.82, 2.24) is 4.90 Å². The third-order valence-electron chi connectivity index (χ3n) is 4.59. The lowest BCUT2D eigenvalue weighted by Crippen LogP contribution is -2.40. The smallest absolute Gasteiger partial charge is 0.313 e. The van der Waals surface area contributed by atoms with Gasteiger partial charge in [0.25, 0.3) is 0 Å². The fourth-order valence-corrected chi connectivity index (χ4v) is 3.69. The van der Waals surface area contributed by atoms with Gasteiger partial charge in [-0.05, 0) is 23.8 Å². The Morgan fingerprint density at radius 1 is 1.38 bits per heavy atom. The lowest BCUT2D eigenvalue weighted by atomic mass is 9.73. The average molecular weight is 289 g/mol. The van der Waals surface area contributed by atoms with Gasteiger partial charge in [-0.15, -0.1) is 0 Å². The molecule has 0 aliphatic carbocycles. The molecule has 0 N–H and O–H groups in total. The summed E-state index contributed by atoms with van der Waals surface area (Å²) in [5.74, 6) is 0.776. The van der Waals surface area contributed by atoms with Crippen LogP contribution in [0, 0.1) is 17.3 Å². The molecule has 1 aliphatic heterocycles. The Morgan fingerprint density at radius 2 is 2.05 bits per heavy atom. The summed E-state index contributed by atoms with van der Waals surface area (Å²) in [5, 5.41) is 0. The van der Waals surface area contributed by atoms with Gasteiger partial charge in [-0.25, -0.2) is 0 Å². The predicted molar refractivity (Wildman–Crippen MR) is 84.8 cm³/mol.